The Morgan fingerprint density at radius 1 is 1.13 bits per heavy atom. The molecule has 39 heavy (non-hydrogen) atoms. The maximum atomic E-state index is 16.7. The number of methoxy groups -OCH3 is 1. The number of hydrogen-bond donors (Lipinski definition) is 3. The minimum Gasteiger partial charge on any atom is -0.496 e. The smallest absolute Gasteiger partial charge is 0.405 e. The molecule has 0 fully saturated rings. The lowest BCUT2D eigenvalue weighted by Gasteiger charge is -2.40. The Morgan fingerprint density at radius 3 is 2.38 bits per heavy atom. The summed E-state index contributed by atoms with van der Waals surface area (Å²) >= 11 is 0. The molecule has 1 aliphatic carbocycles. The second kappa shape index (κ2) is 9.70. The molecule has 0 spiro atoms. The van der Waals surface area contributed by atoms with E-state index in [1.165, 1.54) is 16.8 Å². The van der Waals surface area contributed by atoms with Crippen molar-refractivity contribution in [1.29, 1.82) is 0 Å². The molecule has 208 valence electrons. The van der Waals surface area contributed by atoms with Crippen LogP contribution < -0.4 is 21.3 Å². The summed E-state index contributed by atoms with van der Waals surface area (Å²) in [4.78, 5) is 38.1. The fourth-order valence-electron chi connectivity index (χ4n) is 5.63. The Balaban J connectivity index is 1.91. The number of aromatic amines is 1. The predicted octanol–water partition coefficient (Wildman–Crippen LogP) is 5.29. The van der Waals surface area contributed by atoms with Gasteiger partial charge in [-0.2, -0.15) is 0 Å². The average molecular weight is 538 g/mol. The topological polar surface area (TPSA) is 113 Å². The van der Waals surface area contributed by atoms with E-state index in [0.29, 0.717) is 29.0 Å². The quantitative estimate of drug-likeness (QED) is 0.409. The van der Waals surface area contributed by atoms with Crippen LogP contribution in [0.5, 0.6) is 5.75 Å². The van der Waals surface area contributed by atoms with Crippen molar-refractivity contribution in [3.05, 3.63) is 80.1 Å². The molecule has 2 atom stereocenters. The molecule has 0 saturated heterocycles. The number of carbonyl (C=O) groups is 1. The normalized spacial score (nSPS) is 17.9. The lowest BCUT2D eigenvalue weighted by atomic mass is 9.74. The molecule has 2 unspecified atom stereocenters. The Bertz CT molecular complexity index is 1540. The van der Waals surface area contributed by atoms with Gasteiger partial charge in [0.15, 0.2) is 5.67 Å². The highest BCUT2D eigenvalue weighted by Gasteiger charge is 2.51. The number of amides is 1. The highest BCUT2D eigenvalue weighted by Crippen LogP contribution is 2.49. The maximum Gasteiger partial charge on any atom is 0.405 e. The summed E-state index contributed by atoms with van der Waals surface area (Å²) in [5.74, 6) is 0.633. The summed E-state index contributed by atoms with van der Waals surface area (Å²) in [6, 6.07) is 9.49. The predicted molar refractivity (Wildman–Crippen MR) is 149 cm³/mol. The highest BCUT2D eigenvalue weighted by molar-refractivity contribution is 5.77. The monoisotopic (exact) mass is 537 g/mol. The molecule has 1 heterocycles. The number of halogens is 1. The van der Waals surface area contributed by atoms with Crippen molar-refractivity contribution < 1.29 is 19.0 Å². The summed E-state index contributed by atoms with van der Waals surface area (Å²) in [6.45, 7) is 11.6. The van der Waals surface area contributed by atoms with Crippen molar-refractivity contribution in [3.8, 4) is 22.6 Å². The van der Waals surface area contributed by atoms with Crippen molar-refractivity contribution >= 4 is 6.09 Å². The first kappa shape index (κ1) is 28.1. The summed E-state index contributed by atoms with van der Waals surface area (Å²) in [7, 11) is 1.59. The molecule has 1 aliphatic rings. The molecule has 2 aromatic carbocycles. The first-order valence-electron chi connectivity index (χ1n) is 12.9. The number of fused-ring (bicyclic) bond motifs is 1. The number of rotatable bonds is 5. The van der Waals surface area contributed by atoms with Gasteiger partial charge in [0, 0.05) is 23.4 Å². The zero-order valence-electron chi connectivity index (χ0n) is 23.4. The van der Waals surface area contributed by atoms with Crippen LogP contribution in [0.15, 0.2) is 52.2 Å². The third kappa shape index (κ3) is 5.22. The first-order valence-corrected chi connectivity index (χ1v) is 12.9. The molecule has 3 aromatic rings. The lowest BCUT2D eigenvalue weighted by Crippen LogP contribution is -2.54. The Hall–Kier alpha value is -3.88. The van der Waals surface area contributed by atoms with Gasteiger partial charge >= 0.3 is 11.8 Å². The largest absolute Gasteiger partial charge is 0.496 e. The third-order valence-electron chi connectivity index (χ3n) is 7.40. The van der Waals surface area contributed by atoms with Crippen molar-refractivity contribution in [1.82, 2.24) is 14.9 Å². The van der Waals surface area contributed by atoms with Gasteiger partial charge in [-0.3, -0.25) is 14.3 Å². The van der Waals surface area contributed by atoms with E-state index in [9.17, 15) is 19.5 Å². The minimum absolute atomic E-state index is 0.158. The SMILES string of the molecule is COc1c(-c2ccc3c(c2)CCC3(F)C(NC(=O)O)C(C)(C)C)cc(-n2ccc(=O)[nH]c2=O)cc1C(C)(C)C. The minimum atomic E-state index is -1.86. The van der Waals surface area contributed by atoms with Gasteiger partial charge in [0.2, 0.25) is 0 Å². The van der Waals surface area contributed by atoms with Gasteiger partial charge in [-0.15, -0.1) is 0 Å². The summed E-state index contributed by atoms with van der Waals surface area (Å²) in [6.07, 6.45) is 0.777. The molecule has 1 aromatic heterocycles. The molecule has 8 nitrogen and oxygen atoms in total. The van der Waals surface area contributed by atoms with Gasteiger partial charge in [0.25, 0.3) is 5.56 Å². The second-order valence-electron chi connectivity index (χ2n) is 12.3. The lowest BCUT2D eigenvalue weighted by molar-refractivity contribution is 0.0420. The number of ether oxygens (including phenoxy) is 1. The van der Waals surface area contributed by atoms with Crippen LogP contribution in [0.4, 0.5) is 9.18 Å². The van der Waals surface area contributed by atoms with Crippen molar-refractivity contribution in [2.45, 2.75) is 71.5 Å². The number of carboxylic acid groups (broad SMARTS) is 1. The van der Waals surface area contributed by atoms with Crippen LogP contribution in [-0.2, 0) is 17.5 Å². The van der Waals surface area contributed by atoms with E-state index in [-0.39, 0.29) is 11.8 Å². The van der Waals surface area contributed by atoms with Crippen LogP contribution in [0, 0.1) is 5.41 Å². The van der Waals surface area contributed by atoms with Gasteiger partial charge in [-0.25, -0.2) is 14.0 Å². The van der Waals surface area contributed by atoms with E-state index < -0.39 is 34.5 Å². The molecule has 3 N–H and O–H groups in total. The number of H-pyrrole nitrogens is 1. The number of nitrogens with zero attached hydrogens (tertiary/aromatic N) is 1. The van der Waals surface area contributed by atoms with E-state index in [2.05, 4.69) is 10.3 Å². The second-order valence-corrected chi connectivity index (χ2v) is 12.3. The van der Waals surface area contributed by atoms with Crippen LogP contribution in [0.1, 0.15) is 64.7 Å². The standard InChI is InChI=1S/C30H36FN3O5/c1-28(2,3)22-16-19(34-13-11-23(35)32-26(34)36)15-20(24(22)39-7)17-8-9-21-18(14-17)10-12-30(21,31)25(29(4,5)6)33-27(37)38/h8-9,11,13-16,25,33H,10,12H2,1-7H3,(H,37,38)(H,32,35,36). The first-order chi connectivity index (χ1) is 18.1. The van der Waals surface area contributed by atoms with Gasteiger partial charge in [0.1, 0.15) is 5.75 Å². The van der Waals surface area contributed by atoms with Crippen LogP contribution in [0.25, 0.3) is 16.8 Å². The number of nitrogens with one attached hydrogen (secondary N) is 2. The van der Waals surface area contributed by atoms with Crippen molar-refractivity contribution in [2.24, 2.45) is 5.41 Å². The van der Waals surface area contributed by atoms with Crippen molar-refractivity contribution in [2.75, 3.05) is 7.11 Å². The van der Waals surface area contributed by atoms with E-state index in [1.807, 2.05) is 65.8 Å². The molecule has 9 heteroatoms. The molecule has 0 bridgehead atoms. The number of aromatic nitrogens is 2. The van der Waals surface area contributed by atoms with Gasteiger partial charge < -0.3 is 15.2 Å². The summed E-state index contributed by atoms with van der Waals surface area (Å²) in [5, 5.41) is 11.9. The number of hydrogen-bond acceptors (Lipinski definition) is 4. The Kier molecular flexibility index (Phi) is 7.00. The van der Waals surface area contributed by atoms with Gasteiger partial charge in [-0.1, -0.05) is 59.7 Å². The van der Waals surface area contributed by atoms with Crippen LogP contribution >= 0.6 is 0 Å². The summed E-state index contributed by atoms with van der Waals surface area (Å²) in [5.41, 5.74) is 0.248. The highest BCUT2D eigenvalue weighted by atomic mass is 19.1. The number of aryl methyl sites for hydroxylation is 1. The van der Waals surface area contributed by atoms with Crippen molar-refractivity contribution in [3.63, 3.8) is 0 Å². The van der Waals surface area contributed by atoms with Gasteiger partial charge in [-0.05, 0) is 52.5 Å². The number of alkyl halides is 1. The Morgan fingerprint density at radius 2 is 1.82 bits per heavy atom. The van der Waals surface area contributed by atoms with E-state index >= 15 is 4.39 Å². The average Bonchev–Trinajstić information content (AvgIpc) is 3.17. The zero-order valence-corrected chi connectivity index (χ0v) is 23.4. The van der Waals surface area contributed by atoms with Crippen LogP contribution in [-0.4, -0.2) is 33.9 Å². The van der Waals surface area contributed by atoms with E-state index in [1.54, 1.807) is 13.2 Å². The molecule has 1 amide bonds. The van der Waals surface area contributed by atoms with E-state index in [0.717, 1.165) is 16.7 Å². The van der Waals surface area contributed by atoms with Crippen LogP contribution in [0.2, 0.25) is 0 Å². The maximum absolute atomic E-state index is 16.7. The van der Waals surface area contributed by atoms with Crippen LogP contribution in [0.3, 0.4) is 0 Å². The molecular formula is C30H36FN3O5. The molecule has 0 radical (unpaired) electrons. The fraction of sp³-hybridized carbons (Fsp3) is 0.433. The number of benzene rings is 2. The zero-order chi connectivity index (χ0) is 28.9. The molecule has 4 rings (SSSR count). The molecule has 0 saturated carbocycles. The molecular weight excluding hydrogens is 501 g/mol. The fourth-order valence-corrected chi connectivity index (χ4v) is 5.63. The molecule has 0 aliphatic heterocycles. The van der Waals surface area contributed by atoms with E-state index in [4.69, 9.17) is 4.74 Å². The van der Waals surface area contributed by atoms with Gasteiger partial charge in [0.05, 0.1) is 18.8 Å². The summed E-state index contributed by atoms with van der Waals surface area (Å²) < 4.78 is 23.9. The third-order valence-corrected chi connectivity index (χ3v) is 7.40. The Labute approximate surface area is 226 Å².